The molecular weight excluding hydrogens is 398 g/mol. The van der Waals surface area contributed by atoms with Crippen LogP contribution in [0.15, 0.2) is 46.9 Å². The standard InChI is InChI=1S/C21H26BrNO.ClH/c1-16-7-9-17(10-8-16)15-24-21-12-11-19(22)13-18(21)14-23-20-5-3-2-4-6-20;/h7-13,20,23H,2-6,14-15H2,1H3;1H. The lowest BCUT2D eigenvalue weighted by molar-refractivity contribution is 0.299. The summed E-state index contributed by atoms with van der Waals surface area (Å²) in [7, 11) is 0. The first-order valence-electron chi connectivity index (χ1n) is 8.91. The molecule has 136 valence electrons. The quantitative estimate of drug-likeness (QED) is 0.597. The van der Waals surface area contributed by atoms with Gasteiger partial charge in [0, 0.05) is 22.6 Å². The second kappa shape index (κ2) is 10.2. The molecule has 0 amide bonds. The second-order valence-electron chi connectivity index (χ2n) is 6.74. The Morgan fingerprint density at radius 3 is 2.48 bits per heavy atom. The molecule has 0 unspecified atom stereocenters. The number of rotatable bonds is 6. The van der Waals surface area contributed by atoms with Crippen molar-refractivity contribution >= 4 is 28.3 Å². The van der Waals surface area contributed by atoms with Crippen LogP contribution in [0.5, 0.6) is 5.75 Å². The van der Waals surface area contributed by atoms with E-state index in [0.29, 0.717) is 12.6 Å². The fourth-order valence-electron chi connectivity index (χ4n) is 3.23. The minimum atomic E-state index is 0. The molecule has 1 aliphatic rings. The van der Waals surface area contributed by atoms with Crippen LogP contribution in [0.2, 0.25) is 0 Å². The van der Waals surface area contributed by atoms with Crippen LogP contribution < -0.4 is 10.1 Å². The number of hydrogen-bond donors (Lipinski definition) is 1. The topological polar surface area (TPSA) is 21.3 Å². The zero-order chi connectivity index (χ0) is 16.8. The third kappa shape index (κ3) is 6.32. The Morgan fingerprint density at radius 2 is 1.76 bits per heavy atom. The van der Waals surface area contributed by atoms with Gasteiger partial charge in [0.05, 0.1) is 0 Å². The molecule has 4 heteroatoms. The van der Waals surface area contributed by atoms with Gasteiger partial charge in [0.2, 0.25) is 0 Å². The van der Waals surface area contributed by atoms with Gasteiger partial charge < -0.3 is 10.1 Å². The van der Waals surface area contributed by atoms with Crippen LogP contribution in [0.4, 0.5) is 0 Å². The van der Waals surface area contributed by atoms with Crippen molar-refractivity contribution in [3.05, 3.63) is 63.6 Å². The minimum absolute atomic E-state index is 0. The van der Waals surface area contributed by atoms with E-state index in [1.165, 1.54) is 48.8 Å². The lowest BCUT2D eigenvalue weighted by Gasteiger charge is -2.23. The van der Waals surface area contributed by atoms with Crippen molar-refractivity contribution in [2.24, 2.45) is 0 Å². The predicted octanol–water partition coefficient (Wildman–Crippen LogP) is 6.18. The van der Waals surface area contributed by atoms with Gasteiger partial charge in [0.15, 0.2) is 0 Å². The summed E-state index contributed by atoms with van der Waals surface area (Å²) >= 11 is 3.58. The van der Waals surface area contributed by atoms with Gasteiger partial charge in [-0.25, -0.2) is 0 Å². The highest BCUT2D eigenvalue weighted by Crippen LogP contribution is 2.25. The van der Waals surface area contributed by atoms with Crippen molar-refractivity contribution in [2.75, 3.05) is 0 Å². The molecule has 2 aromatic carbocycles. The molecule has 0 heterocycles. The van der Waals surface area contributed by atoms with Gasteiger partial charge in [-0.2, -0.15) is 0 Å². The molecule has 3 rings (SSSR count). The van der Waals surface area contributed by atoms with Crippen LogP contribution >= 0.6 is 28.3 Å². The molecule has 0 atom stereocenters. The molecule has 2 aromatic rings. The molecule has 25 heavy (non-hydrogen) atoms. The van der Waals surface area contributed by atoms with E-state index in [-0.39, 0.29) is 12.4 Å². The van der Waals surface area contributed by atoms with Crippen molar-refractivity contribution in [1.29, 1.82) is 0 Å². The first-order chi connectivity index (χ1) is 11.7. The summed E-state index contributed by atoms with van der Waals surface area (Å²) in [5, 5.41) is 3.71. The first kappa shape index (κ1) is 20.3. The van der Waals surface area contributed by atoms with E-state index in [1.54, 1.807) is 0 Å². The smallest absolute Gasteiger partial charge is 0.124 e. The largest absolute Gasteiger partial charge is 0.489 e. The summed E-state index contributed by atoms with van der Waals surface area (Å²) in [6, 6.07) is 15.5. The van der Waals surface area contributed by atoms with E-state index in [0.717, 1.165) is 16.8 Å². The number of benzene rings is 2. The lowest BCUT2D eigenvalue weighted by Crippen LogP contribution is -2.30. The molecule has 0 spiro atoms. The average Bonchev–Trinajstić information content (AvgIpc) is 2.61. The van der Waals surface area contributed by atoms with E-state index in [4.69, 9.17) is 4.74 Å². The maximum Gasteiger partial charge on any atom is 0.124 e. The van der Waals surface area contributed by atoms with Crippen LogP contribution in [0.1, 0.15) is 48.8 Å². The zero-order valence-corrected chi connectivity index (χ0v) is 17.2. The SMILES string of the molecule is Cc1ccc(COc2ccc(Br)cc2CNC2CCCCC2)cc1.Cl. The summed E-state index contributed by atoms with van der Waals surface area (Å²) < 4.78 is 7.20. The van der Waals surface area contributed by atoms with Crippen LogP contribution in [-0.4, -0.2) is 6.04 Å². The number of ether oxygens (including phenoxy) is 1. The van der Waals surface area contributed by atoms with Gasteiger partial charge in [-0.15, -0.1) is 12.4 Å². The van der Waals surface area contributed by atoms with E-state index < -0.39 is 0 Å². The van der Waals surface area contributed by atoms with Crippen molar-refractivity contribution in [2.45, 2.75) is 58.2 Å². The van der Waals surface area contributed by atoms with Crippen LogP contribution in [0.25, 0.3) is 0 Å². The molecular formula is C21H27BrClNO. The monoisotopic (exact) mass is 423 g/mol. The highest BCUT2D eigenvalue weighted by Gasteiger charge is 2.14. The summed E-state index contributed by atoms with van der Waals surface area (Å²) in [6.45, 7) is 3.58. The summed E-state index contributed by atoms with van der Waals surface area (Å²) in [6.07, 6.45) is 6.70. The summed E-state index contributed by atoms with van der Waals surface area (Å²) in [5.41, 5.74) is 3.71. The Kier molecular flexibility index (Phi) is 8.28. The Bertz CT molecular complexity index is 653. The summed E-state index contributed by atoms with van der Waals surface area (Å²) in [5.74, 6) is 0.974. The molecule has 0 radical (unpaired) electrons. The van der Waals surface area contributed by atoms with Crippen molar-refractivity contribution in [3.63, 3.8) is 0 Å². The second-order valence-corrected chi connectivity index (χ2v) is 7.66. The third-order valence-electron chi connectivity index (χ3n) is 4.72. The molecule has 2 nitrogen and oxygen atoms in total. The van der Waals surface area contributed by atoms with Gasteiger partial charge in [0.1, 0.15) is 12.4 Å². The molecule has 1 aliphatic carbocycles. The molecule has 0 aliphatic heterocycles. The van der Waals surface area contributed by atoms with Crippen molar-refractivity contribution in [3.8, 4) is 5.75 Å². The molecule has 0 aromatic heterocycles. The average molecular weight is 425 g/mol. The van der Waals surface area contributed by atoms with Crippen LogP contribution in [0, 0.1) is 6.92 Å². The maximum absolute atomic E-state index is 6.10. The fourth-order valence-corrected chi connectivity index (χ4v) is 3.64. The van der Waals surface area contributed by atoms with Gasteiger partial charge in [-0.05, 0) is 43.5 Å². The van der Waals surface area contributed by atoms with E-state index in [1.807, 2.05) is 0 Å². The molecule has 1 fully saturated rings. The number of halogens is 2. The normalized spacial score (nSPS) is 14.8. The van der Waals surface area contributed by atoms with Crippen LogP contribution in [-0.2, 0) is 13.2 Å². The van der Waals surface area contributed by atoms with E-state index >= 15 is 0 Å². The van der Waals surface area contributed by atoms with Crippen molar-refractivity contribution < 1.29 is 4.74 Å². The Morgan fingerprint density at radius 1 is 1.04 bits per heavy atom. The van der Waals surface area contributed by atoms with Gasteiger partial charge in [-0.3, -0.25) is 0 Å². The molecule has 0 bridgehead atoms. The Labute approximate surface area is 165 Å². The number of aryl methyl sites for hydroxylation is 1. The Hall–Kier alpha value is -1.03. The van der Waals surface area contributed by atoms with E-state index in [2.05, 4.69) is 70.6 Å². The lowest BCUT2D eigenvalue weighted by atomic mass is 9.95. The highest BCUT2D eigenvalue weighted by molar-refractivity contribution is 9.10. The zero-order valence-electron chi connectivity index (χ0n) is 14.8. The van der Waals surface area contributed by atoms with E-state index in [9.17, 15) is 0 Å². The number of nitrogens with one attached hydrogen (secondary N) is 1. The number of hydrogen-bond acceptors (Lipinski definition) is 2. The predicted molar refractivity (Wildman–Crippen MR) is 111 cm³/mol. The molecule has 0 saturated heterocycles. The minimum Gasteiger partial charge on any atom is -0.489 e. The van der Waals surface area contributed by atoms with Gasteiger partial charge in [-0.1, -0.05) is 65.0 Å². The van der Waals surface area contributed by atoms with Crippen molar-refractivity contribution in [1.82, 2.24) is 5.32 Å². The third-order valence-corrected chi connectivity index (χ3v) is 5.22. The first-order valence-corrected chi connectivity index (χ1v) is 9.70. The fraction of sp³-hybridized carbons (Fsp3) is 0.429. The highest BCUT2D eigenvalue weighted by atomic mass is 79.9. The molecule has 1 N–H and O–H groups in total. The van der Waals surface area contributed by atoms with Crippen LogP contribution in [0.3, 0.4) is 0 Å². The molecule has 1 saturated carbocycles. The van der Waals surface area contributed by atoms with Gasteiger partial charge >= 0.3 is 0 Å². The Balaban J connectivity index is 0.00000225. The maximum atomic E-state index is 6.10. The van der Waals surface area contributed by atoms with Gasteiger partial charge in [0.25, 0.3) is 0 Å². The summed E-state index contributed by atoms with van der Waals surface area (Å²) in [4.78, 5) is 0.